The lowest BCUT2D eigenvalue weighted by molar-refractivity contribution is 0.304. The molecule has 0 amide bonds. The SMILES string of the molecule is CCCOc1cc(N2CCNC(C)(C)C2)ncn1. The Balaban J connectivity index is 2.07. The van der Waals surface area contributed by atoms with E-state index in [1.54, 1.807) is 6.33 Å². The standard InChI is InChI=1S/C13H22N4O/c1-4-7-18-12-8-11(14-10-15-12)17-6-5-16-13(2,3)9-17/h8,10,16H,4-7,9H2,1-3H3. The maximum Gasteiger partial charge on any atom is 0.218 e. The molecule has 0 saturated carbocycles. The highest BCUT2D eigenvalue weighted by molar-refractivity contribution is 5.42. The number of aromatic nitrogens is 2. The molecule has 0 spiro atoms. The van der Waals surface area contributed by atoms with Crippen LogP contribution in [0.1, 0.15) is 27.2 Å². The molecule has 18 heavy (non-hydrogen) atoms. The number of hydrogen-bond acceptors (Lipinski definition) is 5. The quantitative estimate of drug-likeness (QED) is 0.876. The molecule has 1 aromatic heterocycles. The zero-order valence-electron chi connectivity index (χ0n) is 11.4. The van der Waals surface area contributed by atoms with Crippen LogP contribution in [-0.2, 0) is 0 Å². The summed E-state index contributed by atoms with van der Waals surface area (Å²) >= 11 is 0. The molecule has 0 aliphatic carbocycles. The summed E-state index contributed by atoms with van der Waals surface area (Å²) in [7, 11) is 0. The second-order valence-electron chi connectivity index (χ2n) is 5.30. The second kappa shape index (κ2) is 5.52. The first kappa shape index (κ1) is 13.1. The Bertz CT molecular complexity index is 394. The van der Waals surface area contributed by atoms with Gasteiger partial charge in [0.15, 0.2) is 0 Å². The molecule has 5 nitrogen and oxygen atoms in total. The normalized spacial score (nSPS) is 18.7. The summed E-state index contributed by atoms with van der Waals surface area (Å²) in [6.07, 6.45) is 2.56. The van der Waals surface area contributed by atoms with Gasteiger partial charge in [-0.1, -0.05) is 6.92 Å². The molecule has 1 aromatic rings. The molecule has 2 rings (SSSR count). The van der Waals surface area contributed by atoms with Gasteiger partial charge in [0.05, 0.1) is 6.61 Å². The molecule has 100 valence electrons. The van der Waals surface area contributed by atoms with Crippen molar-refractivity contribution in [2.75, 3.05) is 31.1 Å². The third-order valence-electron chi connectivity index (χ3n) is 2.98. The van der Waals surface area contributed by atoms with Gasteiger partial charge in [-0.25, -0.2) is 9.97 Å². The number of ether oxygens (including phenoxy) is 1. The van der Waals surface area contributed by atoms with Crippen LogP contribution in [0.5, 0.6) is 5.88 Å². The first-order valence-corrected chi connectivity index (χ1v) is 6.55. The molecule has 0 aromatic carbocycles. The number of hydrogen-bond donors (Lipinski definition) is 1. The number of piperazine rings is 1. The van der Waals surface area contributed by atoms with Crippen LogP contribution in [0.3, 0.4) is 0 Å². The third kappa shape index (κ3) is 3.32. The van der Waals surface area contributed by atoms with Crippen LogP contribution in [0, 0.1) is 0 Å². The van der Waals surface area contributed by atoms with Crippen molar-refractivity contribution >= 4 is 5.82 Å². The molecule has 1 aliphatic rings. The number of anilines is 1. The Morgan fingerprint density at radius 2 is 2.28 bits per heavy atom. The highest BCUT2D eigenvalue weighted by atomic mass is 16.5. The Hall–Kier alpha value is -1.36. The van der Waals surface area contributed by atoms with E-state index in [1.165, 1.54) is 0 Å². The van der Waals surface area contributed by atoms with E-state index in [-0.39, 0.29) is 5.54 Å². The van der Waals surface area contributed by atoms with Crippen molar-refractivity contribution in [3.05, 3.63) is 12.4 Å². The lowest BCUT2D eigenvalue weighted by Crippen LogP contribution is -2.57. The van der Waals surface area contributed by atoms with Crippen molar-refractivity contribution in [1.29, 1.82) is 0 Å². The van der Waals surface area contributed by atoms with E-state index in [9.17, 15) is 0 Å². The van der Waals surface area contributed by atoms with Gasteiger partial charge in [0, 0.05) is 31.2 Å². The minimum atomic E-state index is 0.119. The van der Waals surface area contributed by atoms with Gasteiger partial charge < -0.3 is 15.0 Å². The Morgan fingerprint density at radius 3 is 3.00 bits per heavy atom. The summed E-state index contributed by atoms with van der Waals surface area (Å²) in [5.41, 5.74) is 0.119. The van der Waals surface area contributed by atoms with E-state index in [0.717, 1.165) is 31.9 Å². The second-order valence-corrected chi connectivity index (χ2v) is 5.30. The minimum Gasteiger partial charge on any atom is -0.478 e. The molecule has 2 heterocycles. The molecule has 0 radical (unpaired) electrons. The van der Waals surface area contributed by atoms with Crippen LogP contribution in [0.15, 0.2) is 12.4 Å². The van der Waals surface area contributed by atoms with E-state index in [0.29, 0.717) is 12.5 Å². The maximum absolute atomic E-state index is 5.55. The number of nitrogens with one attached hydrogen (secondary N) is 1. The largest absolute Gasteiger partial charge is 0.478 e. The molecule has 0 unspecified atom stereocenters. The van der Waals surface area contributed by atoms with Gasteiger partial charge in [0.25, 0.3) is 0 Å². The fourth-order valence-electron chi connectivity index (χ4n) is 2.13. The van der Waals surface area contributed by atoms with E-state index in [4.69, 9.17) is 4.74 Å². The first-order chi connectivity index (χ1) is 8.61. The summed E-state index contributed by atoms with van der Waals surface area (Å²) < 4.78 is 5.55. The zero-order valence-corrected chi connectivity index (χ0v) is 11.4. The van der Waals surface area contributed by atoms with E-state index in [1.807, 2.05) is 6.07 Å². The van der Waals surface area contributed by atoms with Crippen LogP contribution in [0.25, 0.3) is 0 Å². The van der Waals surface area contributed by atoms with Gasteiger partial charge in [-0.15, -0.1) is 0 Å². The first-order valence-electron chi connectivity index (χ1n) is 6.55. The zero-order chi connectivity index (χ0) is 13.0. The average molecular weight is 250 g/mol. The molecule has 1 fully saturated rings. The monoisotopic (exact) mass is 250 g/mol. The van der Waals surface area contributed by atoms with Gasteiger partial charge in [0.1, 0.15) is 12.1 Å². The van der Waals surface area contributed by atoms with Gasteiger partial charge in [-0.3, -0.25) is 0 Å². The molecular formula is C13H22N4O. The van der Waals surface area contributed by atoms with Gasteiger partial charge in [-0.05, 0) is 20.3 Å². The van der Waals surface area contributed by atoms with Gasteiger partial charge >= 0.3 is 0 Å². The van der Waals surface area contributed by atoms with E-state index in [2.05, 4.69) is 41.0 Å². The van der Waals surface area contributed by atoms with Crippen molar-refractivity contribution < 1.29 is 4.74 Å². The van der Waals surface area contributed by atoms with Crippen LogP contribution in [-0.4, -0.2) is 41.7 Å². The predicted octanol–water partition coefficient (Wildman–Crippen LogP) is 1.45. The van der Waals surface area contributed by atoms with Crippen LogP contribution < -0.4 is 15.0 Å². The highest BCUT2D eigenvalue weighted by Crippen LogP contribution is 2.20. The number of nitrogens with zero attached hydrogens (tertiary/aromatic N) is 3. The van der Waals surface area contributed by atoms with E-state index >= 15 is 0 Å². The molecule has 1 saturated heterocycles. The lowest BCUT2D eigenvalue weighted by atomic mass is 10.0. The smallest absolute Gasteiger partial charge is 0.218 e. The molecule has 0 bridgehead atoms. The average Bonchev–Trinajstić information content (AvgIpc) is 2.35. The third-order valence-corrected chi connectivity index (χ3v) is 2.98. The van der Waals surface area contributed by atoms with Crippen molar-refractivity contribution in [2.24, 2.45) is 0 Å². The summed E-state index contributed by atoms with van der Waals surface area (Å²) in [6, 6.07) is 1.93. The molecule has 1 aliphatic heterocycles. The van der Waals surface area contributed by atoms with Crippen LogP contribution in [0.2, 0.25) is 0 Å². The van der Waals surface area contributed by atoms with Gasteiger partial charge in [0.2, 0.25) is 5.88 Å². The van der Waals surface area contributed by atoms with Crippen molar-refractivity contribution in [1.82, 2.24) is 15.3 Å². The molecule has 5 heteroatoms. The minimum absolute atomic E-state index is 0.119. The Morgan fingerprint density at radius 1 is 1.44 bits per heavy atom. The summed E-state index contributed by atoms with van der Waals surface area (Å²) in [6.45, 7) is 10.1. The Labute approximate surface area is 109 Å². The predicted molar refractivity (Wildman–Crippen MR) is 72.1 cm³/mol. The fraction of sp³-hybridized carbons (Fsp3) is 0.692. The molecule has 1 N–H and O–H groups in total. The summed E-state index contributed by atoms with van der Waals surface area (Å²) in [5, 5.41) is 3.49. The van der Waals surface area contributed by atoms with Crippen LogP contribution >= 0.6 is 0 Å². The Kier molecular flexibility index (Phi) is 4.01. The molecular weight excluding hydrogens is 228 g/mol. The fourth-order valence-corrected chi connectivity index (χ4v) is 2.13. The molecule has 0 atom stereocenters. The van der Waals surface area contributed by atoms with Crippen molar-refractivity contribution in [2.45, 2.75) is 32.7 Å². The van der Waals surface area contributed by atoms with Gasteiger partial charge in [-0.2, -0.15) is 0 Å². The van der Waals surface area contributed by atoms with E-state index < -0.39 is 0 Å². The topological polar surface area (TPSA) is 50.3 Å². The lowest BCUT2D eigenvalue weighted by Gasteiger charge is -2.39. The maximum atomic E-state index is 5.55. The number of rotatable bonds is 4. The van der Waals surface area contributed by atoms with Crippen molar-refractivity contribution in [3.63, 3.8) is 0 Å². The summed E-state index contributed by atoms with van der Waals surface area (Å²) in [4.78, 5) is 10.8. The van der Waals surface area contributed by atoms with Crippen molar-refractivity contribution in [3.8, 4) is 5.88 Å². The highest BCUT2D eigenvalue weighted by Gasteiger charge is 2.26. The van der Waals surface area contributed by atoms with Crippen LogP contribution in [0.4, 0.5) is 5.82 Å². The summed E-state index contributed by atoms with van der Waals surface area (Å²) in [5.74, 6) is 1.61.